The SMILES string of the molecule is CC[C@H](C)[C@H](NC(=O)c1ccc(CNS(C)(=O)=O)o1)C(=O)O. The van der Waals surface area contributed by atoms with E-state index in [2.05, 4.69) is 10.0 Å². The number of amides is 1. The Hall–Kier alpha value is -1.87. The fourth-order valence-electron chi connectivity index (χ4n) is 1.69. The Bertz CT molecular complexity index is 637. The van der Waals surface area contributed by atoms with Gasteiger partial charge in [-0.05, 0) is 18.1 Å². The first kappa shape index (κ1) is 18.2. The van der Waals surface area contributed by atoms with Gasteiger partial charge in [0, 0.05) is 0 Å². The Morgan fingerprint density at radius 3 is 2.50 bits per heavy atom. The Morgan fingerprint density at radius 1 is 1.36 bits per heavy atom. The number of aliphatic carboxylic acids is 1. The van der Waals surface area contributed by atoms with Crippen molar-refractivity contribution in [2.24, 2.45) is 5.92 Å². The number of rotatable bonds is 8. The van der Waals surface area contributed by atoms with Crippen LogP contribution < -0.4 is 10.0 Å². The average Bonchev–Trinajstić information content (AvgIpc) is 2.89. The normalized spacial score (nSPS) is 14.3. The van der Waals surface area contributed by atoms with Crippen molar-refractivity contribution >= 4 is 21.9 Å². The van der Waals surface area contributed by atoms with E-state index in [0.717, 1.165) is 6.26 Å². The molecule has 1 aromatic heterocycles. The predicted molar refractivity (Wildman–Crippen MR) is 78.7 cm³/mol. The summed E-state index contributed by atoms with van der Waals surface area (Å²) in [5.41, 5.74) is 0. The van der Waals surface area contributed by atoms with Gasteiger partial charge in [0.05, 0.1) is 12.8 Å². The van der Waals surface area contributed by atoms with Gasteiger partial charge < -0.3 is 14.8 Å². The smallest absolute Gasteiger partial charge is 0.326 e. The van der Waals surface area contributed by atoms with Crippen LogP contribution in [0.5, 0.6) is 0 Å². The van der Waals surface area contributed by atoms with Gasteiger partial charge in [-0.1, -0.05) is 20.3 Å². The zero-order valence-electron chi connectivity index (χ0n) is 12.6. The van der Waals surface area contributed by atoms with Crippen LogP contribution in [0.1, 0.15) is 36.6 Å². The first-order valence-corrected chi connectivity index (χ1v) is 8.60. The van der Waals surface area contributed by atoms with Gasteiger partial charge in [-0.3, -0.25) is 4.79 Å². The van der Waals surface area contributed by atoms with Gasteiger partial charge in [-0.2, -0.15) is 0 Å². The number of furan rings is 1. The zero-order valence-corrected chi connectivity index (χ0v) is 13.4. The number of nitrogens with one attached hydrogen (secondary N) is 2. The molecule has 0 saturated carbocycles. The standard InChI is InChI=1S/C13H20N2O6S/c1-4-8(2)11(13(17)18)15-12(16)10-6-5-9(21-10)7-14-22(3,19)20/h5-6,8,11,14H,4,7H2,1-3H3,(H,15,16)(H,17,18)/t8-,11-/m0/s1. The summed E-state index contributed by atoms with van der Waals surface area (Å²) >= 11 is 0. The molecular formula is C13H20N2O6S. The molecule has 1 aromatic rings. The van der Waals surface area contributed by atoms with Crippen LogP contribution in [0, 0.1) is 5.92 Å². The third kappa shape index (κ3) is 5.49. The molecule has 3 N–H and O–H groups in total. The highest BCUT2D eigenvalue weighted by atomic mass is 32.2. The van der Waals surface area contributed by atoms with E-state index in [-0.39, 0.29) is 24.0 Å². The van der Waals surface area contributed by atoms with Gasteiger partial charge in [0.25, 0.3) is 5.91 Å². The maximum absolute atomic E-state index is 12.0. The van der Waals surface area contributed by atoms with E-state index in [0.29, 0.717) is 6.42 Å². The Morgan fingerprint density at radius 2 is 2.00 bits per heavy atom. The summed E-state index contributed by atoms with van der Waals surface area (Å²) in [6, 6.07) is 1.80. The second-order valence-corrected chi connectivity index (χ2v) is 6.87. The van der Waals surface area contributed by atoms with E-state index in [1.165, 1.54) is 12.1 Å². The fourth-order valence-corrected chi connectivity index (χ4v) is 2.10. The third-order valence-electron chi connectivity index (χ3n) is 3.16. The summed E-state index contributed by atoms with van der Waals surface area (Å²) in [6.45, 7) is 3.47. The molecule has 0 fully saturated rings. The number of hydrogen-bond acceptors (Lipinski definition) is 5. The molecule has 22 heavy (non-hydrogen) atoms. The lowest BCUT2D eigenvalue weighted by Crippen LogP contribution is -2.44. The molecule has 0 aliphatic heterocycles. The third-order valence-corrected chi connectivity index (χ3v) is 3.83. The molecule has 124 valence electrons. The molecule has 0 aromatic carbocycles. The molecular weight excluding hydrogens is 312 g/mol. The number of carbonyl (C=O) groups excluding carboxylic acids is 1. The van der Waals surface area contributed by atoms with Crippen molar-refractivity contribution in [3.63, 3.8) is 0 Å². The molecule has 0 saturated heterocycles. The van der Waals surface area contributed by atoms with Gasteiger partial charge in [-0.25, -0.2) is 17.9 Å². The van der Waals surface area contributed by atoms with Crippen LogP contribution in [0.2, 0.25) is 0 Å². The number of carboxylic acid groups (broad SMARTS) is 1. The maximum Gasteiger partial charge on any atom is 0.326 e. The van der Waals surface area contributed by atoms with Gasteiger partial charge in [0.15, 0.2) is 5.76 Å². The summed E-state index contributed by atoms with van der Waals surface area (Å²) < 4.78 is 29.4. The van der Waals surface area contributed by atoms with E-state index in [1.807, 2.05) is 6.92 Å². The Kier molecular flexibility index (Phi) is 6.12. The zero-order chi connectivity index (χ0) is 16.9. The summed E-state index contributed by atoms with van der Waals surface area (Å²) in [7, 11) is -3.37. The predicted octanol–water partition coefficient (Wildman–Crippen LogP) is 0.558. The van der Waals surface area contributed by atoms with E-state index in [9.17, 15) is 18.0 Å². The molecule has 0 aliphatic carbocycles. The van der Waals surface area contributed by atoms with E-state index >= 15 is 0 Å². The molecule has 0 bridgehead atoms. The largest absolute Gasteiger partial charge is 0.480 e. The maximum atomic E-state index is 12.0. The molecule has 0 aliphatic rings. The second-order valence-electron chi connectivity index (χ2n) is 5.03. The van der Waals surface area contributed by atoms with Crippen LogP contribution in [0.25, 0.3) is 0 Å². The van der Waals surface area contributed by atoms with Gasteiger partial charge in [-0.15, -0.1) is 0 Å². The summed E-state index contributed by atoms with van der Waals surface area (Å²) in [6.07, 6.45) is 1.60. The lowest BCUT2D eigenvalue weighted by molar-refractivity contribution is -0.140. The Balaban J connectivity index is 2.73. The quantitative estimate of drug-likeness (QED) is 0.638. The van der Waals surface area contributed by atoms with Crippen molar-refractivity contribution in [3.05, 3.63) is 23.7 Å². The van der Waals surface area contributed by atoms with Gasteiger partial charge in [0.1, 0.15) is 11.8 Å². The topological polar surface area (TPSA) is 126 Å². The van der Waals surface area contributed by atoms with Crippen LogP contribution in [-0.2, 0) is 21.4 Å². The molecule has 1 heterocycles. The van der Waals surface area contributed by atoms with Gasteiger partial charge in [0.2, 0.25) is 10.0 Å². The van der Waals surface area contributed by atoms with Crippen molar-refractivity contribution in [1.29, 1.82) is 0 Å². The number of carbonyl (C=O) groups is 2. The lowest BCUT2D eigenvalue weighted by Gasteiger charge is -2.19. The van der Waals surface area contributed by atoms with Crippen molar-refractivity contribution in [3.8, 4) is 0 Å². The minimum atomic E-state index is -3.37. The second kappa shape index (κ2) is 7.41. The monoisotopic (exact) mass is 332 g/mol. The Labute approximate surface area is 128 Å². The number of hydrogen-bond donors (Lipinski definition) is 3. The first-order valence-electron chi connectivity index (χ1n) is 6.71. The summed E-state index contributed by atoms with van der Waals surface area (Å²) in [5, 5.41) is 11.5. The number of sulfonamides is 1. The van der Waals surface area contributed by atoms with Crippen LogP contribution in [0.3, 0.4) is 0 Å². The molecule has 9 heteroatoms. The molecule has 0 spiro atoms. The fraction of sp³-hybridized carbons (Fsp3) is 0.538. The summed E-state index contributed by atoms with van der Waals surface area (Å²) in [4.78, 5) is 23.2. The number of carboxylic acids is 1. The van der Waals surface area contributed by atoms with Crippen molar-refractivity contribution in [2.45, 2.75) is 32.9 Å². The molecule has 1 amide bonds. The van der Waals surface area contributed by atoms with Crippen molar-refractivity contribution < 1.29 is 27.5 Å². The average molecular weight is 332 g/mol. The van der Waals surface area contributed by atoms with Crippen LogP contribution >= 0.6 is 0 Å². The highest BCUT2D eigenvalue weighted by Gasteiger charge is 2.26. The molecule has 2 atom stereocenters. The van der Waals surface area contributed by atoms with Crippen molar-refractivity contribution in [1.82, 2.24) is 10.0 Å². The summed E-state index contributed by atoms with van der Waals surface area (Å²) in [5.74, 6) is -1.82. The van der Waals surface area contributed by atoms with Gasteiger partial charge >= 0.3 is 5.97 Å². The highest BCUT2D eigenvalue weighted by Crippen LogP contribution is 2.12. The van der Waals surface area contributed by atoms with Crippen LogP contribution in [-0.4, -0.2) is 37.7 Å². The van der Waals surface area contributed by atoms with Crippen molar-refractivity contribution in [2.75, 3.05) is 6.26 Å². The minimum absolute atomic E-state index is 0.0696. The molecule has 0 unspecified atom stereocenters. The first-order chi connectivity index (χ1) is 10.1. The molecule has 8 nitrogen and oxygen atoms in total. The molecule has 1 rings (SSSR count). The lowest BCUT2D eigenvalue weighted by atomic mass is 9.99. The minimum Gasteiger partial charge on any atom is -0.480 e. The highest BCUT2D eigenvalue weighted by molar-refractivity contribution is 7.88. The van der Waals surface area contributed by atoms with E-state index < -0.39 is 27.9 Å². The van der Waals surface area contributed by atoms with Crippen LogP contribution in [0.15, 0.2) is 16.5 Å². The molecule has 0 radical (unpaired) electrons. The van der Waals surface area contributed by atoms with E-state index in [4.69, 9.17) is 9.52 Å². The van der Waals surface area contributed by atoms with E-state index in [1.54, 1.807) is 6.92 Å². The van der Waals surface area contributed by atoms with Crippen LogP contribution in [0.4, 0.5) is 0 Å².